The van der Waals surface area contributed by atoms with Crippen LogP contribution in [0.4, 0.5) is 0 Å². The van der Waals surface area contributed by atoms with Crippen molar-refractivity contribution < 1.29 is 18.9 Å². The SMILES string of the molecule is C=[N+](C(=O)/C(=C/NCc1ccc(C)cc1)C(N)=O)C1CCOCC1. The number of carbonyl (C=O) groups is 2. The zero-order chi connectivity index (χ0) is 17.5. The van der Waals surface area contributed by atoms with Gasteiger partial charge in [0.1, 0.15) is 6.72 Å². The Morgan fingerprint density at radius 1 is 1.33 bits per heavy atom. The number of nitrogens with one attached hydrogen (secondary N) is 1. The normalized spacial score (nSPS) is 15.8. The molecule has 1 fully saturated rings. The maximum atomic E-state index is 12.5. The van der Waals surface area contributed by atoms with Crippen molar-refractivity contribution in [1.29, 1.82) is 0 Å². The van der Waals surface area contributed by atoms with E-state index in [0.29, 0.717) is 32.6 Å². The van der Waals surface area contributed by atoms with Crippen LogP contribution >= 0.6 is 0 Å². The lowest BCUT2D eigenvalue weighted by molar-refractivity contribution is -0.484. The van der Waals surface area contributed by atoms with Gasteiger partial charge in [0.05, 0.1) is 13.2 Å². The van der Waals surface area contributed by atoms with Crippen LogP contribution in [-0.4, -0.2) is 42.4 Å². The highest BCUT2D eigenvalue weighted by Crippen LogP contribution is 2.12. The third-order valence-electron chi connectivity index (χ3n) is 4.06. The van der Waals surface area contributed by atoms with Gasteiger partial charge in [-0.15, -0.1) is 0 Å². The van der Waals surface area contributed by atoms with Gasteiger partial charge in [-0.2, -0.15) is 4.58 Å². The Labute approximate surface area is 142 Å². The molecule has 24 heavy (non-hydrogen) atoms. The number of nitrogens with zero attached hydrogens (tertiary/aromatic N) is 1. The topological polar surface area (TPSA) is 84.4 Å². The summed E-state index contributed by atoms with van der Waals surface area (Å²) in [6, 6.07) is 7.94. The summed E-state index contributed by atoms with van der Waals surface area (Å²) in [6.45, 7) is 7.48. The Hall–Kier alpha value is -2.47. The number of amides is 2. The molecule has 1 aliphatic rings. The standard InChI is InChI=1S/C18H23N3O3/c1-13-3-5-14(6-4-13)11-20-12-16(17(19)22)18(23)21(2)15-7-9-24-10-8-15/h3-6,12,15H,2,7-11H2,1H3,(H2-,19,20,22,23)/p+1. The fourth-order valence-corrected chi connectivity index (χ4v) is 2.53. The molecule has 2 rings (SSSR count). The number of nitrogens with two attached hydrogens (primary N) is 1. The second kappa shape index (κ2) is 8.40. The predicted octanol–water partition coefficient (Wildman–Crippen LogP) is 0.873. The number of hydrogen-bond acceptors (Lipinski definition) is 4. The zero-order valence-electron chi connectivity index (χ0n) is 14.0. The minimum atomic E-state index is -0.767. The molecule has 1 heterocycles. The van der Waals surface area contributed by atoms with E-state index < -0.39 is 11.8 Å². The molecule has 0 spiro atoms. The highest BCUT2D eigenvalue weighted by molar-refractivity contribution is 6.15. The lowest BCUT2D eigenvalue weighted by atomic mass is 10.1. The molecular weight excluding hydrogens is 306 g/mol. The van der Waals surface area contributed by atoms with Crippen molar-refractivity contribution in [2.45, 2.75) is 32.4 Å². The smallest absolute Gasteiger partial charge is 0.386 e. The van der Waals surface area contributed by atoms with Crippen LogP contribution in [0.15, 0.2) is 36.0 Å². The van der Waals surface area contributed by atoms with Crippen LogP contribution < -0.4 is 11.1 Å². The van der Waals surface area contributed by atoms with Gasteiger partial charge in [-0.1, -0.05) is 29.8 Å². The molecule has 1 aromatic rings. The highest BCUT2D eigenvalue weighted by atomic mass is 16.5. The van der Waals surface area contributed by atoms with Crippen molar-refractivity contribution in [3.05, 3.63) is 47.2 Å². The summed E-state index contributed by atoms with van der Waals surface area (Å²) < 4.78 is 6.62. The van der Waals surface area contributed by atoms with Gasteiger partial charge in [0.15, 0.2) is 11.6 Å². The Kier molecular flexibility index (Phi) is 6.26. The van der Waals surface area contributed by atoms with Gasteiger partial charge in [0, 0.05) is 25.6 Å². The second-order valence-corrected chi connectivity index (χ2v) is 5.91. The lowest BCUT2D eigenvalue weighted by Gasteiger charge is -2.18. The van der Waals surface area contributed by atoms with E-state index in [2.05, 4.69) is 12.0 Å². The van der Waals surface area contributed by atoms with E-state index in [0.717, 1.165) is 5.56 Å². The Balaban J connectivity index is 2.01. The molecule has 0 saturated carbocycles. The number of ether oxygens (including phenoxy) is 1. The molecule has 0 aromatic heterocycles. The summed E-state index contributed by atoms with van der Waals surface area (Å²) in [5, 5.41) is 2.98. The van der Waals surface area contributed by atoms with Crippen LogP contribution in [0.2, 0.25) is 0 Å². The zero-order valence-corrected chi connectivity index (χ0v) is 14.0. The monoisotopic (exact) mass is 330 g/mol. The van der Waals surface area contributed by atoms with Crippen LogP contribution in [0.3, 0.4) is 0 Å². The Morgan fingerprint density at radius 3 is 2.54 bits per heavy atom. The summed E-state index contributed by atoms with van der Waals surface area (Å²) in [5.41, 5.74) is 7.48. The molecule has 0 aliphatic carbocycles. The van der Waals surface area contributed by atoms with Gasteiger partial charge >= 0.3 is 5.91 Å². The Morgan fingerprint density at radius 2 is 1.96 bits per heavy atom. The Bertz CT molecular complexity index is 644. The number of rotatable bonds is 6. The third-order valence-corrected chi connectivity index (χ3v) is 4.06. The maximum Gasteiger partial charge on any atom is 0.426 e. The first kappa shape index (κ1) is 17.9. The molecule has 1 aromatic carbocycles. The van der Waals surface area contributed by atoms with Crippen molar-refractivity contribution in [1.82, 2.24) is 5.32 Å². The van der Waals surface area contributed by atoms with Crippen LogP contribution in [0.5, 0.6) is 0 Å². The van der Waals surface area contributed by atoms with Crippen LogP contribution in [0.25, 0.3) is 0 Å². The van der Waals surface area contributed by atoms with Gasteiger partial charge in [-0.3, -0.25) is 4.79 Å². The van der Waals surface area contributed by atoms with E-state index >= 15 is 0 Å². The largest absolute Gasteiger partial charge is 0.426 e. The minimum absolute atomic E-state index is 0.0360. The van der Waals surface area contributed by atoms with Gasteiger partial charge < -0.3 is 15.8 Å². The molecule has 3 N–H and O–H groups in total. The van der Waals surface area contributed by atoms with Gasteiger partial charge in [-0.05, 0) is 12.5 Å². The molecule has 2 amide bonds. The molecule has 1 aliphatic heterocycles. The maximum absolute atomic E-state index is 12.5. The number of benzene rings is 1. The van der Waals surface area contributed by atoms with Crippen molar-refractivity contribution >= 4 is 18.5 Å². The molecular formula is C18H24N3O3+. The van der Waals surface area contributed by atoms with E-state index in [1.54, 1.807) is 0 Å². The summed E-state index contributed by atoms with van der Waals surface area (Å²) in [5.74, 6) is -1.23. The van der Waals surface area contributed by atoms with Crippen LogP contribution in [0.1, 0.15) is 24.0 Å². The lowest BCUT2D eigenvalue weighted by Crippen LogP contribution is -2.39. The number of aryl methyl sites for hydroxylation is 1. The summed E-state index contributed by atoms with van der Waals surface area (Å²) in [6.07, 6.45) is 2.79. The van der Waals surface area contributed by atoms with E-state index in [1.807, 2.05) is 31.2 Å². The molecule has 0 unspecified atom stereocenters. The highest BCUT2D eigenvalue weighted by Gasteiger charge is 2.33. The summed E-state index contributed by atoms with van der Waals surface area (Å²) in [4.78, 5) is 24.1. The molecule has 6 heteroatoms. The summed E-state index contributed by atoms with van der Waals surface area (Å²) in [7, 11) is 0. The molecule has 0 atom stereocenters. The second-order valence-electron chi connectivity index (χ2n) is 5.91. The molecule has 1 saturated heterocycles. The van der Waals surface area contributed by atoms with E-state index in [9.17, 15) is 9.59 Å². The van der Waals surface area contributed by atoms with Gasteiger partial charge in [0.2, 0.25) is 0 Å². The van der Waals surface area contributed by atoms with E-state index in [1.165, 1.54) is 16.3 Å². The molecule has 6 nitrogen and oxygen atoms in total. The van der Waals surface area contributed by atoms with Gasteiger partial charge in [0.25, 0.3) is 5.91 Å². The molecule has 128 valence electrons. The summed E-state index contributed by atoms with van der Waals surface area (Å²) >= 11 is 0. The van der Waals surface area contributed by atoms with Crippen molar-refractivity contribution in [3.63, 3.8) is 0 Å². The first-order valence-corrected chi connectivity index (χ1v) is 7.99. The average molecular weight is 330 g/mol. The molecule has 0 bridgehead atoms. The van der Waals surface area contributed by atoms with E-state index in [4.69, 9.17) is 10.5 Å². The van der Waals surface area contributed by atoms with Crippen molar-refractivity contribution in [3.8, 4) is 0 Å². The number of hydrogen-bond donors (Lipinski definition) is 2. The van der Waals surface area contributed by atoms with Crippen molar-refractivity contribution in [2.75, 3.05) is 13.2 Å². The minimum Gasteiger partial charge on any atom is -0.386 e. The van der Waals surface area contributed by atoms with Gasteiger partial charge in [-0.25, -0.2) is 4.79 Å². The molecule has 0 radical (unpaired) electrons. The number of primary amides is 1. The predicted molar refractivity (Wildman–Crippen MR) is 91.5 cm³/mol. The fraction of sp³-hybridized carbons (Fsp3) is 0.389. The third kappa shape index (κ3) is 4.76. The van der Waals surface area contributed by atoms with Crippen molar-refractivity contribution in [2.24, 2.45) is 5.73 Å². The average Bonchev–Trinajstić information content (AvgIpc) is 2.59. The first-order chi connectivity index (χ1) is 11.5. The van der Waals surface area contributed by atoms with Crippen LogP contribution in [-0.2, 0) is 20.9 Å². The number of carbonyl (C=O) groups excluding carboxylic acids is 2. The van der Waals surface area contributed by atoms with E-state index in [-0.39, 0.29) is 11.6 Å². The first-order valence-electron chi connectivity index (χ1n) is 7.99. The van der Waals surface area contributed by atoms with Crippen LogP contribution in [0, 0.1) is 6.92 Å². The quantitative estimate of drug-likeness (QED) is 0.266. The fourth-order valence-electron chi connectivity index (χ4n) is 2.53.